The molecule has 0 saturated carbocycles. The third kappa shape index (κ3) is 5.55. The molecule has 178 valence electrons. The number of hydrogen-bond acceptors (Lipinski definition) is 4. The molecule has 2 atom stereocenters. The van der Waals surface area contributed by atoms with E-state index in [1.807, 2.05) is 6.92 Å². The van der Waals surface area contributed by atoms with Gasteiger partial charge >= 0.3 is 0 Å². The summed E-state index contributed by atoms with van der Waals surface area (Å²) in [6.45, 7) is 4.61. The van der Waals surface area contributed by atoms with Gasteiger partial charge in [-0.1, -0.05) is 12.1 Å². The van der Waals surface area contributed by atoms with Crippen molar-refractivity contribution >= 4 is 21.6 Å². The molecular weight excluding hydrogens is 441 g/mol. The van der Waals surface area contributed by atoms with Crippen molar-refractivity contribution in [3.63, 3.8) is 0 Å². The second-order valence-electron chi connectivity index (χ2n) is 9.03. The molecule has 2 aromatic carbocycles. The van der Waals surface area contributed by atoms with E-state index in [2.05, 4.69) is 34.5 Å². The number of carbonyl (C=O) groups is 1. The Morgan fingerprint density at radius 2 is 1.64 bits per heavy atom. The van der Waals surface area contributed by atoms with Gasteiger partial charge in [-0.2, -0.15) is 4.31 Å². The molecule has 2 aliphatic rings. The number of anilines is 1. The summed E-state index contributed by atoms with van der Waals surface area (Å²) in [6, 6.07) is 13.0. The second-order valence-corrected chi connectivity index (χ2v) is 11.0. The normalized spacial score (nSPS) is 20.9. The van der Waals surface area contributed by atoms with Crippen LogP contribution in [0.4, 0.5) is 10.1 Å². The molecule has 2 saturated heterocycles. The van der Waals surface area contributed by atoms with Crippen LogP contribution < -0.4 is 10.2 Å². The lowest BCUT2D eigenvalue weighted by Crippen LogP contribution is -2.45. The third-order valence-corrected chi connectivity index (χ3v) is 8.56. The molecule has 6 nitrogen and oxygen atoms in total. The summed E-state index contributed by atoms with van der Waals surface area (Å²) >= 11 is 0. The molecule has 0 aliphatic carbocycles. The predicted molar refractivity (Wildman–Crippen MR) is 127 cm³/mol. The van der Waals surface area contributed by atoms with Crippen molar-refractivity contribution in [3.8, 4) is 0 Å². The molecule has 0 unspecified atom stereocenters. The van der Waals surface area contributed by atoms with Crippen molar-refractivity contribution in [1.29, 1.82) is 0 Å². The van der Waals surface area contributed by atoms with Crippen LogP contribution in [0.15, 0.2) is 53.4 Å². The average molecular weight is 474 g/mol. The molecular formula is C25H32FN3O3S. The number of piperidine rings is 2. The third-order valence-electron chi connectivity index (χ3n) is 6.68. The van der Waals surface area contributed by atoms with Crippen LogP contribution in [0.5, 0.6) is 0 Å². The summed E-state index contributed by atoms with van der Waals surface area (Å²) < 4.78 is 40.4. The van der Waals surface area contributed by atoms with E-state index >= 15 is 0 Å². The topological polar surface area (TPSA) is 69.7 Å². The zero-order valence-electron chi connectivity index (χ0n) is 19.0. The number of carbonyl (C=O) groups excluding carboxylic acids is 1. The van der Waals surface area contributed by atoms with Gasteiger partial charge in [0, 0.05) is 31.9 Å². The molecule has 2 aromatic rings. The first-order chi connectivity index (χ1) is 15.8. The molecule has 0 aromatic heterocycles. The average Bonchev–Trinajstić information content (AvgIpc) is 2.85. The van der Waals surface area contributed by atoms with Gasteiger partial charge in [0.2, 0.25) is 15.9 Å². The minimum Gasteiger partial charge on any atom is -0.372 e. The Labute approximate surface area is 195 Å². The van der Waals surface area contributed by atoms with Gasteiger partial charge in [-0.05, 0) is 81.0 Å². The van der Waals surface area contributed by atoms with Gasteiger partial charge < -0.3 is 10.2 Å². The Bertz CT molecular complexity index is 1050. The molecule has 8 heteroatoms. The number of nitrogens with zero attached hydrogens (tertiary/aromatic N) is 2. The van der Waals surface area contributed by atoms with Gasteiger partial charge in [0.05, 0.1) is 16.9 Å². The van der Waals surface area contributed by atoms with Gasteiger partial charge in [0.25, 0.3) is 0 Å². The first-order valence-corrected chi connectivity index (χ1v) is 13.2. The fourth-order valence-electron chi connectivity index (χ4n) is 4.67. The Kier molecular flexibility index (Phi) is 7.34. The number of sulfonamides is 1. The molecule has 4 rings (SSSR count). The van der Waals surface area contributed by atoms with E-state index in [0.717, 1.165) is 30.8 Å². The van der Waals surface area contributed by atoms with E-state index in [1.165, 1.54) is 41.4 Å². The fraction of sp³-hybridized carbons (Fsp3) is 0.480. The fourth-order valence-corrected chi connectivity index (χ4v) is 6.19. The van der Waals surface area contributed by atoms with Crippen LogP contribution in [0.2, 0.25) is 0 Å². The van der Waals surface area contributed by atoms with Crippen molar-refractivity contribution in [2.45, 2.75) is 50.0 Å². The van der Waals surface area contributed by atoms with Crippen molar-refractivity contribution in [2.75, 3.05) is 31.1 Å². The number of benzene rings is 2. The first-order valence-electron chi connectivity index (χ1n) is 11.8. The lowest BCUT2D eigenvalue weighted by molar-refractivity contribution is -0.126. The van der Waals surface area contributed by atoms with Gasteiger partial charge in [0.1, 0.15) is 5.82 Å². The van der Waals surface area contributed by atoms with Crippen LogP contribution in [0.3, 0.4) is 0 Å². The summed E-state index contributed by atoms with van der Waals surface area (Å²) in [5.74, 6) is -1.03. The Morgan fingerprint density at radius 1 is 0.970 bits per heavy atom. The van der Waals surface area contributed by atoms with Gasteiger partial charge in [-0.25, -0.2) is 12.8 Å². The van der Waals surface area contributed by atoms with Crippen molar-refractivity contribution in [2.24, 2.45) is 5.92 Å². The highest BCUT2D eigenvalue weighted by atomic mass is 32.2. The number of rotatable bonds is 6. The maximum absolute atomic E-state index is 13.2. The smallest absolute Gasteiger partial charge is 0.243 e. The standard InChI is InChI=1S/C25H32FN3O3S/c1-19(20-7-11-23(12-8-20)28-15-3-2-4-16-28)27-25(30)21-6-5-17-29(18-21)33(31,32)24-13-9-22(26)10-14-24/h7-14,19,21H,2-6,15-18H2,1H3,(H,27,30)/t19-,21-/m0/s1. The summed E-state index contributed by atoms with van der Waals surface area (Å²) in [4.78, 5) is 15.4. The Morgan fingerprint density at radius 3 is 2.30 bits per heavy atom. The molecule has 33 heavy (non-hydrogen) atoms. The molecule has 0 radical (unpaired) electrons. The van der Waals surface area contributed by atoms with Crippen LogP contribution >= 0.6 is 0 Å². The van der Waals surface area contributed by atoms with Crippen molar-refractivity contribution in [3.05, 3.63) is 59.9 Å². The molecule has 1 amide bonds. The molecule has 2 fully saturated rings. The molecule has 0 spiro atoms. The highest BCUT2D eigenvalue weighted by Crippen LogP contribution is 2.26. The molecule has 2 heterocycles. The lowest BCUT2D eigenvalue weighted by atomic mass is 9.97. The van der Waals surface area contributed by atoms with E-state index in [4.69, 9.17) is 0 Å². The van der Waals surface area contributed by atoms with E-state index in [1.54, 1.807) is 0 Å². The number of amides is 1. The summed E-state index contributed by atoms with van der Waals surface area (Å²) in [6.07, 6.45) is 4.99. The maximum Gasteiger partial charge on any atom is 0.243 e. The Hall–Kier alpha value is -2.45. The van der Waals surface area contributed by atoms with Crippen LogP contribution in [0, 0.1) is 11.7 Å². The molecule has 2 aliphatic heterocycles. The number of halogens is 1. The lowest BCUT2D eigenvalue weighted by Gasteiger charge is -2.32. The maximum atomic E-state index is 13.2. The van der Waals surface area contributed by atoms with Crippen LogP contribution in [-0.2, 0) is 14.8 Å². The van der Waals surface area contributed by atoms with E-state index in [0.29, 0.717) is 19.4 Å². The summed E-state index contributed by atoms with van der Waals surface area (Å²) in [7, 11) is -3.76. The minimum absolute atomic E-state index is 0.0483. The second kappa shape index (κ2) is 10.2. The SMILES string of the molecule is C[C@H](NC(=O)[C@H]1CCCN(S(=O)(=O)c2ccc(F)cc2)C1)c1ccc(N2CCCCC2)cc1. The number of nitrogens with one attached hydrogen (secondary N) is 1. The first kappa shape index (κ1) is 23.7. The quantitative estimate of drug-likeness (QED) is 0.686. The van der Waals surface area contributed by atoms with Crippen molar-refractivity contribution in [1.82, 2.24) is 9.62 Å². The highest BCUT2D eigenvalue weighted by Gasteiger charge is 2.33. The molecule has 0 bridgehead atoms. The van der Waals surface area contributed by atoms with Crippen LogP contribution in [-0.4, -0.2) is 44.8 Å². The van der Waals surface area contributed by atoms with Gasteiger partial charge in [-0.15, -0.1) is 0 Å². The van der Waals surface area contributed by atoms with E-state index < -0.39 is 21.8 Å². The Balaban J connectivity index is 1.37. The monoisotopic (exact) mass is 473 g/mol. The zero-order valence-corrected chi connectivity index (χ0v) is 19.9. The van der Waals surface area contributed by atoms with Crippen molar-refractivity contribution < 1.29 is 17.6 Å². The predicted octanol–water partition coefficient (Wildman–Crippen LogP) is 4.09. The zero-order chi connectivity index (χ0) is 23.4. The summed E-state index contributed by atoms with van der Waals surface area (Å²) in [5.41, 5.74) is 2.24. The highest BCUT2D eigenvalue weighted by molar-refractivity contribution is 7.89. The molecule has 1 N–H and O–H groups in total. The van der Waals surface area contributed by atoms with Gasteiger partial charge in [0.15, 0.2) is 0 Å². The summed E-state index contributed by atoms with van der Waals surface area (Å²) in [5, 5.41) is 3.06. The number of hydrogen-bond donors (Lipinski definition) is 1. The van der Waals surface area contributed by atoms with Crippen LogP contribution in [0.1, 0.15) is 50.6 Å². The van der Waals surface area contributed by atoms with Gasteiger partial charge in [-0.3, -0.25) is 4.79 Å². The van der Waals surface area contributed by atoms with Crippen LogP contribution in [0.25, 0.3) is 0 Å². The largest absolute Gasteiger partial charge is 0.372 e. The minimum atomic E-state index is -3.76. The van der Waals surface area contributed by atoms with E-state index in [9.17, 15) is 17.6 Å². The van der Waals surface area contributed by atoms with E-state index in [-0.39, 0.29) is 23.4 Å².